The average molecular weight is 316 g/mol. The Morgan fingerprint density at radius 2 is 1.83 bits per heavy atom. The van der Waals surface area contributed by atoms with Crippen molar-refractivity contribution in [3.8, 4) is 0 Å². The van der Waals surface area contributed by atoms with Gasteiger partial charge in [0.15, 0.2) is 17.4 Å². The first-order chi connectivity index (χ1) is 11.0. The molecule has 0 saturated carbocycles. The molecule has 3 rings (SSSR count). The fraction of sp³-hybridized carbons (Fsp3) is 0.176. The number of amides is 1. The maximum Gasteiger partial charge on any atom is 0.246 e. The van der Waals surface area contributed by atoms with Gasteiger partial charge in [0.2, 0.25) is 5.91 Å². The lowest BCUT2D eigenvalue weighted by molar-refractivity contribution is -0.117. The maximum atomic E-state index is 13.5. The number of carbonyl (C=O) groups is 2. The summed E-state index contributed by atoms with van der Waals surface area (Å²) in [5, 5.41) is 2.72. The quantitative estimate of drug-likeness (QED) is 0.886. The van der Waals surface area contributed by atoms with E-state index in [0.717, 1.165) is 17.7 Å². The van der Waals surface area contributed by atoms with Crippen molar-refractivity contribution in [3.05, 3.63) is 59.2 Å². The minimum atomic E-state index is -1.06. The van der Waals surface area contributed by atoms with Crippen LogP contribution < -0.4 is 10.2 Å². The molecule has 0 saturated heterocycles. The predicted molar refractivity (Wildman–Crippen MR) is 82.7 cm³/mol. The average Bonchev–Trinajstić information content (AvgIpc) is 2.52. The van der Waals surface area contributed by atoms with Gasteiger partial charge >= 0.3 is 0 Å². The smallest absolute Gasteiger partial charge is 0.246 e. The number of aryl methyl sites for hydroxylation is 1. The molecule has 0 unspecified atom stereocenters. The zero-order valence-electron chi connectivity index (χ0n) is 12.4. The highest BCUT2D eigenvalue weighted by atomic mass is 19.2. The third-order valence-corrected chi connectivity index (χ3v) is 3.74. The molecule has 1 aliphatic rings. The summed E-state index contributed by atoms with van der Waals surface area (Å²) in [5.74, 6) is -2.71. The van der Waals surface area contributed by atoms with Gasteiger partial charge in [-0.15, -0.1) is 0 Å². The number of nitrogens with zero attached hydrogens (tertiary/aromatic N) is 1. The van der Waals surface area contributed by atoms with E-state index in [1.807, 2.05) is 6.92 Å². The summed E-state index contributed by atoms with van der Waals surface area (Å²) in [6.45, 7) is 1.61. The summed E-state index contributed by atoms with van der Waals surface area (Å²) in [6, 6.07) is 8.87. The zero-order chi connectivity index (χ0) is 16.6. The van der Waals surface area contributed by atoms with Crippen LogP contribution in [0.1, 0.15) is 15.9 Å². The molecule has 0 atom stereocenters. The molecule has 118 valence electrons. The Hall–Kier alpha value is -2.76. The molecule has 4 nitrogen and oxygen atoms in total. The van der Waals surface area contributed by atoms with Gasteiger partial charge in [0.1, 0.15) is 0 Å². The number of hydrogen-bond donors (Lipinski definition) is 1. The number of anilines is 2. The van der Waals surface area contributed by atoms with Gasteiger partial charge in [0, 0.05) is 17.7 Å². The first-order valence-corrected chi connectivity index (χ1v) is 7.09. The summed E-state index contributed by atoms with van der Waals surface area (Å²) in [7, 11) is 0. The van der Waals surface area contributed by atoms with Crippen LogP contribution in [0.3, 0.4) is 0 Å². The number of Topliss-reactive ketones (excluding diaryl/α,β-unsaturated/α-hetero) is 1. The molecule has 0 radical (unpaired) electrons. The summed E-state index contributed by atoms with van der Waals surface area (Å²) in [4.78, 5) is 25.6. The number of nitrogens with one attached hydrogen (secondary N) is 1. The van der Waals surface area contributed by atoms with Crippen LogP contribution in [0.5, 0.6) is 0 Å². The summed E-state index contributed by atoms with van der Waals surface area (Å²) in [6.07, 6.45) is 0. The summed E-state index contributed by atoms with van der Waals surface area (Å²) >= 11 is 0. The highest BCUT2D eigenvalue weighted by Gasteiger charge is 2.27. The van der Waals surface area contributed by atoms with Crippen LogP contribution in [0.4, 0.5) is 20.2 Å². The molecule has 2 aromatic rings. The van der Waals surface area contributed by atoms with Gasteiger partial charge in [-0.2, -0.15) is 0 Å². The Balaban J connectivity index is 1.91. The van der Waals surface area contributed by atoms with Crippen molar-refractivity contribution in [1.29, 1.82) is 0 Å². The number of hydrogen-bond acceptors (Lipinski definition) is 3. The highest BCUT2D eigenvalue weighted by molar-refractivity contribution is 6.09. The number of halogens is 2. The number of benzene rings is 2. The Morgan fingerprint density at radius 3 is 2.52 bits per heavy atom. The minimum Gasteiger partial charge on any atom is -0.374 e. The van der Waals surface area contributed by atoms with Crippen LogP contribution in [0, 0.1) is 18.6 Å². The lowest BCUT2D eigenvalue weighted by atomic mass is 10.1. The molecule has 1 aliphatic heterocycles. The molecule has 0 spiro atoms. The van der Waals surface area contributed by atoms with Gasteiger partial charge < -0.3 is 10.2 Å². The maximum absolute atomic E-state index is 13.5. The van der Waals surface area contributed by atoms with E-state index in [0.29, 0.717) is 11.3 Å². The molecular weight excluding hydrogens is 302 g/mol. The largest absolute Gasteiger partial charge is 0.374 e. The number of carbonyl (C=O) groups excluding carboxylic acids is 2. The SMILES string of the molecule is Cc1ccc(C(=O)CN2C(=O)CNc3cc(F)c(F)cc32)cc1. The van der Waals surface area contributed by atoms with Crippen LogP contribution >= 0.6 is 0 Å². The van der Waals surface area contributed by atoms with E-state index < -0.39 is 11.6 Å². The van der Waals surface area contributed by atoms with Gasteiger partial charge in [-0.3, -0.25) is 9.59 Å². The number of ketones is 1. The minimum absolute atomic E-state index is 0.0702. The van der Waals surface area contributed by atoms with Crippen molar-refractivity contribution in [1.82, 2.24) is 0 Å². The van der Waals surface area contributed by atoms with Crippen molar-refractivity contribution in [2.75, 3.05) is 23.3 Å². The second kappa shape index (κ2) is 5.79. The lowest BCUT2D eigenvalue weighted by Gasteiger charge is -2.29. The van der Waals surface area contributed by atoms with Crippen LogP contribution in [0.25, 0.3) is 0 Å². The van der Waals surface area contributed by atoms with E-state index in [-0.39, 0.29) is 30.5 Å². The Kier molecular flexibility index (Phi) is 3.82. The molecule has 6 heteroatoms. The fourth-order valence-electron chi connectivity index (χ4n) is 2.45. The van der Waals surface area contributed by atoms with Gasteiger partial charge in [-0.25, -0.2) is 8.78 Å². The van der Waals surface area contributed by atoms with Crippen molar-refractivity contribution >= 4 is 23.1 Å². The Labute approximate surface area is 131 Å². The topological polar surface area (TPSA) is 49.4 Å². The molecule has 23 heavy (non-hydrogen) atoms. The molecule has 2 aromatic carbocycles. The van der Waals surface area contributed by atoms with E-state index in [2.05, 4.69) is 5.32 Å². The van der Waals surface area contributed by atoms with E-state index in [1.165, 1.54) is 4.90 Å². The molecular formula is C17H14F2N2O2. The van der Waals surface area contributed by atoms with Crippen molar-refractivity contribution in [2.45, 2.75) is 6.92 Å². The lowest BCUT2D eigenvalue weighted by Crippen LogP contribution is -2.43. The van der Waals surface area contributed by atoms with Gasteiger partial charge in [-0.05, 0) is 6.92 Å². The Morgan fingerprint density at radius 1 is 1.17 bits per heavy atom. The van der Waals surface area contributed by atoms with Gasteiger partial charge in [-0.1, -0.05) is 29.8 Å². The van der Waals surface area contributed by atoms with E-state index in [9.17, 15) is 18.4 Å². The van der Waals surface area contributed by atoms with E-state index in [4.69, 9.17) is 0 Å². The molecule has 0 aromatic heterocycles. The monoisotopic (exact) mass is 316 g/mol. The normalized spacial score (nSPS) is 13.5. The third kappa shape index (κ3) is 2.92. The third-order valence-electron chi connectivity index (χ3n) is 3.74. The van der Waals surface area contributed by atoms with Crippen LogP contribution in [0.2, 0.25) is 0 Å². The van der Waals surface area contributed by atoms with Crippen LogP contribution in [-0.2, 0) is 4.79 Å². The summed E-state index contributed by atoms with van der Waals surface area (Å²) < 4.78 is 26.8. The second-order valence-electron chi connectivity index (χ2n) is 5.41. The Bertz CT molecular complexity index is 788. The molecule has 0 bridgehead atoms. The highest BCUT2D eigenvalue weighted by Crippen LogP contribution is 2.31. The molecule has 1 amide bonds. The molecule has 1 N–H and O–H groups in total. The van der Waals surface area contributed by atoms with E-state index >= 15 is 0 Å². The zero-order valence-corrected chi connectivity index (χ0v) is 12.4. The van der Waals surface area contributed by atoms with Crippen molar-refractivity contribution in [3.63, 3.8) is 0 Å². The first-order valence-electron chi connectivity index (χ1n) is 7.09. The number of fused-ring (bicyclic) bond motifs is 1. The first kappa shape index (κ1) is 15.1. The van der Waals surface area contributed by atoms with Gasteiger partial charge in [0.05, 0.1) is 24.5 Å². The van der Waals surface area contributed by atoms with Gasteiger partial charge in [0.25, 0.3) is 0 Å². The summed E-state index contributed by atoms with van der Waals surface area (Å²) in [5.41, 5.74) is 1.94. The fourth-order valence-corrected chi connectivity index (χ4v) is 2.45. The van der Waals surface area contributed by atoms with Crippen molar-refractivity contribution in [2.24, 2.45) is 0 Å². The molecule has 0 aliphatic carbocycles. The molecule has 1 heterocycles. The van der Waals surface area contributed by atoms with E-state index in [1.54, 1.807) is 24.3 Å². The number of rotatable bonds is 3. The van der Waals surface area contributed by atoms with Crippen LogP contribution in [-0.4, -0.2) is 24.8 Å². The predicted octanol–water partition coefficient (Wildman–Crippen LogP) is 2.91. The second-order valence-corrected chi connectivity index (χ2v) is 5.41. The van der Waals surface area contributed by atoms with Crippen LogP contribution in [0.15, 0.2) is 36.4 Å². The standard InChI is InChI=1S/C17H14F2N2O2/c1-10-2-4-11(5-3-10)16(22)9-21-15-7-13(19)12(18)6-14(15)20-8-17(21)23/h2-7,20H,8-9H2,1H3. The van der Waals surface area contributed by atoms with Crippen molar-refractivity contribution < 1.29 is 18.4 Å². The molecule has 0 fully saturated rings.